The van der Waals surface area contributed by atoms with Gasteiger partial charge in [-0.1, -0.05) is 12.1 Å². The number of fused-ring (bicyclic) bond motifs is 4. The number of para-hydroxylation sites is 1. The van der Waals surface area contributed by atoms with Crippen LogP contribution in [0.1, 0.15) is 19.4 Å². The first-order valence-electron chi connectivity index (χ1n) is 8.04. The van der Waals surface area contributed by atoms with Crippen molar-refractivity contribution in [3.63, 3.8) is 0 Å². The fourth-order valence-corrected chi connectivity index (χ4v) is 2.95. The third kappa shape index (κ3) is 2.22. The summed E-state index contributed by atoms with van der Waals surface area (Å²) in [6, 6.07) is 8.89. The predicted octanol–water partition coefficient (Wildman–Crippen LogP) is 1.78. The minimum absolute atomic E-state index is 0.0259. The molecule has 0 saturated heterocycles. The number of pyridine rings is 1. The molecule has 0 radical (unpaired) electrons. The number of hydrogen-bond acceptors (Lipinski definition) is 6. The molecule has 2 N–H and O–H groups in total. The molecule has 0 saturated carbocycles. The molecule has 128 valence electrons. The second-order valence-corrected chi connectivity index (χ2v) is 6.20. The topological polar surface area (TPSA) is 116 Å². The number of hydrogen-bond donors (Lipinski definition) is 2. The van der Waals surface area contributed by atoms with Crippen molar-refractivity contribution in [3.05, 3.63) is 56.6 Å². The lowest BCUT2D eigenvalue weighted by Gasteiger charge is -2.11. The summed E-state index contributed by atoms with van der Waals surface area (Å²) >= 11 is 0. The molecule has 0 unspecified atom stereocenters. The summed E-state index contributed by atoms with van der Waals surface area (Å²) in [4.78, 5) is 37.2. The molecule has 0 aliphatic rings. The van der Waals surface area contributed by atoms with Crippen LogP contribution < -0.4 is 16.3 Å². The van der Waals surface area contributed by atoms with Gasteiger partial charge in [-0.25, -0.2) is 9.97 Å². The number of nitrogens with zero attached hydrogens (tertiary/aromatic N) is 4. The minimum Gasteiger partial charge on any atom is -0.352 e. The van der Waals surface area contributed by atoms with Gasteiger partial charge < -0.3 is 10.3 Å². The van der Waals surface area contributed by atoms with E-state index in [1.807, 2.05) is 19.9 Å². The maximum absolute atomic E-state index is 13.0. The van der Waals surface area contributed by atoms with Gasteiger partial charge in [0.2, 0.25) is 11.4 Å². The largest absolute Gasteiger partial charge is 0.352 e. The Morgan fingerprint density at radius 2 is 2.04 bits per heavy atom. The van der Waals surface area contributed by atoms with Crippen molar-refractivity contribution in [1.82, 2.24) is 19.4 Å². The summed E-state index contributed by atoms with van der Waals surface area (Å²) in [5.74, 6) is 0.269. The molecule has 0 fully saturated rings. The average Bonchev–Trinajstić information content (AvgIpc) is 2.62. The number of anilines is 1. The van der Waals surface area contributed by atoms with Gasteiger partial charge in [0.25, 0.3) is 5.56 Å². The normalized spacial score (nSPS) is 11.3. The first-order chi connectivity index (χ1) is 12.5. The van der Waals surface area contributed by atoms with Crippen molar-refractivity contribution < 1.29 is 0 Å². The van der Waals surface area contributed by atoms with E-state index >= 15 is 0 Å². The molecule has 0 amide bonds. The van der Waals surface area contributed by atoms with Gasteiger partial charge in [-0.3, -0.25) is 14.0 Å². The van der Waals surface area contributed by atoms with Gasteiger partial charge >= 0.3 is 0 Å². The molecule has 8 nitrogen and oxygen atoms in total. The smallest absolute Gasteiger partial charge is 0.266 e. The summed E-state index contributed by atoms with van der Waals surface area (Å²) in [6.07, 6.45) is 1.42. The van der Waals surface area contributed by atoms with Crippen LogP contribution in [0, 0.1) is 11.3 Å². The van der Waals surface area contributed by atoms with E-state index in [9.17, 15) is 14.9 Å². The van der Waals surface area contributed by atoms with E-state index in [0.29, 0.717) is 10.9 Å². The van der Waals surface area contributed by atoms with Crippen LogP contribution >= 0.6 is 0 Å². The zero-order valence-corrected chi connectivity index (χ0v) is 14.1. The highest BCUT2D eigenvalue weighted by molar-refractivity contribution is 5.86. The Kier molecular flexibility index (Phi) is 3.44. The second-order valence-electron chi connectivity index (χ2n) is 6.20. The molecule has 3 heterocycles. The van der Waals surface area contributed by atoms with Crippen LogP contribution in [0.15, 0.2) is 40.1 Å². The summed E-state index contributed by atoms with van der Waals surface area (Å²) in [7, 11) is 0. The van der Waals surface area contributed by atoms with Crippen LogP contribution in [0.5, 0.6) is 0 Å². The van der Waals surface area contributed by atoms with E-state index in [1.54, 1.807) is 24.3 Å². The molecule has 1 aromatic carbocycles. The Balaban J connectivity index is 2.25. The van der Waals surface area contributed by atoms with Crippen LogP contribution in [-0.4, -0.2) is 25.4 Å². The summed E-state index contributed by atoms with van der Waals surface area (Å²) in [5.41, 5.74) is -0.0712. The lowest BCUT2D eigenvalue weighted by Crippen LogP contribution is -2.23. The van der Waals surface area contributed by atoms with Gasteiger partial charge in [0, 0.05) is 6.04 Å². The molecule has 0 bridgehead atoms. The first kappa shape index (κ1) is 15.8. The molecular weight excluding hydrogens is 332 g/mol. The maximum Gasteiger partial charge on any atom is 0.266 e. The lowest BCUT2D eigenvalue weighted by molar-refractivity contribution is 0.876. The van der Waals surface area contributed by atoms with E-state index in [4.69, 9.17) is 0 Å². The van der Waals surface area contributed by atoms with E-state index in [1.165, 1.54) is 10.6 Å². The fourth-order valence-electron chi connectivity index (χ4n) is 2.95. The highest BCUT2D eigenvalue weighted by Gasteiger charge is 2.18. The van der Waals surface area contributed by atoms with E-state index < -0.39 is 5.43 Å². The molecule has 3 aromatic heterocycles. The second kappa shape index (κ2) is 5.67. The van der Waals surface area contributed by atoms with E-state index in [2.05, 4.69) is 20.3 Å². The van der Waals surface area contributed by atoms with Gasteiger partial charge in [-0.05, 0) is 26.0 Å². The maximum atomic E-state index is 13.0. The Morgan fingerprint density at radius 1 is 1.27 bits per heavy atom. The zero-order valence-electron chi connectivity index (χ0n) is 14.1. The number of aromatic amines is 1. The summed E-state index contributed by atoms with van der Waals surface area (Å²) in [5, 5.41) is 13.0. The molecule has 0 aliphatic heterocycles. The van der Waals surface area contributed by atoms with Crippen LogP contribution in [0.3, 0.4) is 0 Å². The van der Waals surface area contributed by atoms with Crippen molar-refractivity contribution in [1.29, 1.82) is 5.26 Å². The number of nitriles is 1. The number of aromatic nitrogens is 4. The van der Waals surface area contributed by atoms with Crippen molar-refractivity contribution in [2.45, 2.75) is 19.9 Å². The van der Waals surface area contributed by atoms with Gasteiger partial charge in [0.1, 0.15) is 22.8 Å². The van der Waals surface area contributed by atoms with Crippen LogP contribution in [0.2, 0.25) is 0 Å². The summed E-state index contributed by atoms with van der Waals surface area (Å²) in [6.45, 7) is 3.83. The summed E-state index contributed by atoms with van der Waals surface area (Å²) < 4.78 is 1.29. The third-order valence-electron chi connectivity index (χ3n) is 4.06. The van der Waals surface area contributed by atoms with Gasteiger partial charge in [-0.15, -0.1) is 0 Å². The van der Waals surface area contributed by atoms with E-state index in [0.717, 1.165) is 0 Å². The monoisotopic (exact) mass is 346 g/mol. The highest BCUT2D eigenvalue weighted by Crippen LogP contribution is 2.16. The van der Waals surface area contributed by atoms with Crippen molar-refractivity contribution in [2.24, 2.45) is 0 Å². The molecule has 8 heteroatoms. The molecule has 0 atom stereocenters. The Hall–Kier alpha value is -3.73. The predicted molar refractivity (Wildman–Crippen MR) is 98.4 cm³/mol. The third-order valence-corrected chi connectivity index (χ3v) is 4.06. The zero-order chi connectivity index (χ0) is 18.4. The lowest BCUT2D eigenvalue weighted by atomic mass is 10.2. The molecule has 0 spiro atoms. The van der Waals surface area contributed by atoms with Gasteiger partial charge in [-0.2, -0.15) is 5.26 Å². The standard InChI is InChI=1S/C18H14N6O2/c1-9(2)21-18-20-8-13-14(23-18)15(25)11(7-19)16-22-12-6-4-3-5-10(12)17(26)24(13)16/h3-6,8-9,22H,1-2H3,(H,20,21,23). The van der Waals surface area contributed by atoms with Crippen molar-refractivity contribution in [3.8, 4) is 6.07 Å². The minimum atomic E-state index is -0.539. The molecule has 4 aromatic rings. The SMILES string of the molecule is CC(C)Nc1ncc2c(n1)c(=O)c(C#N)c1[nH]c3ccccc3c(=O)n12. The van der Waals surface area contributed by atoms with Crippen molar-refractivity contribution in [2.75, 3.05) is 5.32 Å². The molecule has 0 aliphatic carbocycles. The molecule has 4 rings (SSSR count). The van der Waals surface area contributed by atoms with Gasteiger partial charge in [0.05, 0.1) is 22.6 Å². The van der Waals surface area contributed by atoms with E-state index in [-0.39, 0.29) is 39.8 Å². The first-order valence-corrected chi connectivity index (χ1v) is 8.04. The number of nitrogens with one attached hydrogen (secondary N) is 2. The van der Waals surface area contributed by atoms with Gasteiger partial charge in [0.15, 0.2) is 0 Å². The quantitative estimate of drug-likeness (QED) is 0.422. The van der Waals surface area contributed by atoms with Crippen LogP contribution in [0.4, 0.5) is 5.95 Å². The van der Waals surface area contributed by atoms with Crippen LogP contribution in [0.25, 0.3) is 27.6 Å². The Labute approximate surface area is 146 Å². The van der Waals surface area contributed by atoms with Crippen molar-refractivity contribution >= 4 is 33.5 Å². The number of H-pyrrole nitrogens is 1. The fraction of sp³-hybridized carbons (Fsp3) is 0.167. The number of rotatable bonds is 2. The highest BCUT2D eigenvalue weighted by atomic mass is 16.1. The van der Waals surface area contributed by atoms with Crippen LogP contribution in [-0.2, 0) is 0 Å². The molecule has 26 heavy (non-hydrogen) atoms. The number of benzene rings is 1. The Morgan fingerprint density at radius 3 is 2.77 bits per heavy atom. The average molecular weight is 346 g/mol. The Bertz CT molecular complexity index is 1340. The molecular formula is C18H14N6O2.